The molecule has 0 heterocycles. The number of hydrogen-bond donors (Lipinski definition) is 1. The van der Waals surface area contributed by atoms with Gasteiger partial charge in [0.2, 0.25) is 12.2 Å². The van der Waals surface area contributed by atoms with Crippen LogP contribution in [0.1, 0.15) is 26.3 Å². The first-order valence-corrected chi connectivity index (χ1v) is 7.07. The van der Waals surface area contributed by atoms with Gasteiger partial charge < -0.3 is 5.32 Å². The third-order valence-electron chi connectivity index (χ3n) is 3.26. The van der Waals surface area contributed by atoms with Gasteiger partial charge in [-0.2, -0.15) is 0 Å². The molecule has 2 aromatic rings. The number of fused-ring (bicyclic) bond motifs is 1. The van der Waals surface area contributed by atoms with E-state index < -0.39 is 5.92 Å². The van der Waals surface area contributed by atoms with Crippen LogP contribution in [0.4, 0.5) is 0 Å². The average molecular weight is 282 g/mol. The Balaban J connectivity index is 2.25. The summed E-state index contributed by atoms with van der Waals surface area (Å²) in [5.41, 5.74) is 0.635. The number of carbonyl (C=O) groups is 1. The SMILES string of the molecule is CC(C)(C)NC(=O)[C@H]([C]=O)Cc1cccc2ccccc12. The van der Waals surface area contributed by atoms with Crippen LogP contribution in [-0.2, 0) is 16.0 Å². The second-order valence-corrected chi connectivity index (χ2v) is 6.25. The van der Waals surface area contributed by atoms with Crippen LogP contribution in [0.2, 0.25) is 0 Å². The minimum Gasteiger partial charge on any atom is -0.351 e. The Kier molecular flexibility index (Phi) is 4.41. The molecular weight excluding hydrogens is 262 g/mol. The lowest BCUT2D eigenvalue weighted by Crippen LogP contribution is -2.44. The summed E-state index contributed by atoms with van der Waals surface area (Å²) in [5, 5.41) is 5.02. The Morgan fingerprint density at radius 2 is 1.81 bits per heavy atom. The van der Waals surface area contributed by atoms with Crippen LogP contribution in [0.3, 0.4) is 0 Å². The Morgan fingerprint density at radius 1 is 1.14 bits per heavy atom. The Morgan fingerprint density at radius 3 is 2.48 bits per heavy atom. The molecule has 0 unspecified atom stereocenters. The lowest BCUT2D eigenvalue weighted by atomic mass is 9.94. The molecule has 1 N–H and O–H groups in total. The second-order valence-electron chi connectivity index (χ2n) is 6.25. The maximum Gasteiger partial charge on any atom is 0.231 e. The van der Waals surface area contributed by atoms with Crippen molar-refractivity contribution in [3.63, 3.8) is 0 Å². The first-order chi connectivity index (χ1) is 9.90. The third-order valence-corrected chi connectivity index (χ3v) is 3.26. The largest absolute Gasteiger partial charge is 0.351 e. The molecule has 0 saturated heterocycles. The number of benzene rings is 2. The van der Waals surface area contributed by atoms with Crippen molar-refractivity contribution >= 4 is 23.0 Å². The average Bonchev–Trinajstić information content (AvgIpc) is 2.42. The van der Waals surface area contributed by atoms with E-state index in [9.17, 15) is 9.59 Å². The highest BCUT2D eigenvalue weighted by Gasteiger charge is 2.24. The fourth-order valence-electron chi connectivity index (χ4n) is 2.33. The molecule has 0 aliphatic rings. The summed E-state index contributed by atoms with van der Waals surface area (Å²) in [5.74, 6) is -1.06. The van der Waals surface area contributed by atoms with Gasteiger partial charge in [-0.1, -0.05) is 42.5 Å². The van der Waals surface area contributed by atoms with E-state index in [1.54, 1.807) is 0 Å². The predicted octanol–water partition coefficient (Wildman–Crippen LogP) is 3.02. The highest BCUT2D eigenvalue weighted by atomic mass is 16.2. The molecule has 0 saturated carbocycles. The van der Waals surface area contributed by atoms with E-state index in [0.717, 1.165) is 16.3 Å². The van der Waals surface area contributed by atoms with Crippen LogP contribution in [0.5, 0.6) is 0 Å². The summed E-state index contributed by atoms with van der Waals surface area (Å²) in [6.45, 7) is 5.68. The standard InChI is InChI=1S/C18H20NO2/c1-18(2,3)19-17(21)15(12-20)11-14-9-6-8-13-7-4-5-10-16(13)14/h4-10,15H,11H2,1-3H3,(H,19,21)/t15-/m0/s1. The minimum atomic E-state index is -0.782. The molecule has 21 heavy (non-hydrogen) atoms. The zero-order valence-corrected chi connectivity index (χ0v) is 12.6. The molecule has 1 atom stereocenters. The molecule has 0 fully saturated rings. The Bertz CT molecular complexity index is 650. The first kappa shape index (κ1) is 15.2. The zero-order chi connectivity index (χ0) is 15.5. The van der Waals surface area contributed by atoms with Gasteiger partial charge in [0.15, 0.2) is 0 Å². The van der Waals surface area contributed by atoms with Crippen molar-refractivity contribution in [3.05, 3.63) is 48.0 Å². The fraction of sp³-hybridized carbons (Fsp3) is 0.333. The van der Waals surface area contributed by atoms with Gasteiger partial charge in [0.1, 0.15) is 5.92 Å². The highest BCUT2D eigenvalue weighted by Crippen LogP contribution is 2.21. The zero-order valence-electron chi connectivity index (χ0n) is 12.6. The monoisotopic (exact) mass is 282 g/mol. The van der Waals surface area contributed by atoms with Crippen LogP contribution in [0.25, 0.3) is 10.8 Å². The quantitative estimate of drug-likeness (QED) is 0.876. The van der Waals surface area contributed by atoms with Gasteiger partial charge in [0, 0.05) is 5.54 Å². The van der Waals surface area contributed by atoms with E-state index >= 15 is 0 Å². The molecule has 0 aliphatic heterocycles. The van der Waals surface area contributed by atoms with Gasteiger partial charge >= 0.3 is 0 Å². The smallest absolute Gasteiger partial charge is 0.231 e. The van der Waals surface area contributed by atoms with Crippen molar-refractivity contribution < 1.29 is 9.59 Å². The van der Waals surface area contributed by atoms with Crippen molar-refractivity contribution in [2.24, 2.45) is 5.92 Å². The molecule has 1 amide bonds. The molecule has 0 spiro atoms. The van der Waals surface area contributed by atoms with E-state index in [4.69, 9.17) is 0 Å². The first-order valence-electron chi connectivity index (χ1n) is 7.07. The van der Waals surface area contributed by atoms with E-state index in [2.05, 4.69) is 5.32 Å². The lowest BCUT2D eigenvalue weighted by molar-refractivity contribution is -0.124. The summed E-state index contributed by atoms with van der Waals surface area (Å²) in [6, 6.07) is 13.9. The summed E-state index contributed by atoms with van der Waals surface area (Å²) in [6.07, 6.45) is 2.24. The molecule has 1 radical (unpaired) electrons. The molecule has 109 valence electrons. The summed E-state index contributed by atoms with van der Waals surface area (Å²) >= 11 is 0. The van der Waals surface area contributed by atoms with Gasteiger partial charge in [0.05, 0.1) is 0 Å². The molecule has 3 heteroatoms. The van der Waals surface area contributed by atoms with Crippen LogP contribution < -0.4 is 5.32 Å². The Labute approximate surface area is 125 Å². The topological polar surface area (TPSA) is 46.2 Å². The molecular formula is C18H20NO2. The number of rotatable bonds is 4. The van der Waals surface area contributed by atoms with Crippen LogP contribution in [0, 0.1) is 5.92 Å². The van der Waals surface area contributed by atoms with Crippen molar-refractivity contribution in [1.29, 1.82) is 0 Å². The van der Waals surface area contributed by atoms with E-state index in [1.807, 2.05) is 69.5 Å². The van der Waals surface area contributed by atoms with Gasteiger partial charge in [0.25, 0.3) is 0 Å². The third kappa shape index (κ3) is 3.91. The van der Waals surface area contributed by atoms with Gasteiger partial charge in [-0.15, -0.1) is 0 Å². The highest BCUT2D eigenvalue weighted by molar-refractivity contribution is 5.94. The van der Waals surface area contributed by atoms with E-state index in [0.29, 0.717) is 6.42 Å². The minimum absolute atomic E-state index is 0.273. The number of amides is 1. The van der Waals surface area contributed by atoms with Crippen LogP contribution in [-0.4, -0.2) is 17.7 Å². The van der Waals surface area contributed by atoms with Crippen molar-refractivity contribution in [2.75, 3.05) is 0 Å². The van der Waals surface area contributed by atoms with Crippen LogP contribution in [0.15, 0.2) is 42.5 Å². The summed E-state index contributed by atoms with van der Waals surface area (Å²) < 4.78 is 0. The maximum absolute atomic E-state index is 12.2. The van der Waals surface area contributed by atoms with Crippen molar-refractivity contribution in [2.45, 2.75) is 32.7 Å². The van der Waals surface area contributed by atoms with Gasteiger partial charge in [-0.25, -0.2) is 0 Å². The molecule has 0 bridgehead atoms. The predicted molar refractivity (Wildman–Crippen MR) is 84.7 cm³/mol. The molecule has 3 nitrogen and oxygen atoms in total. The lowest BCUT2D eigenvalue weighted by Gasteiger charge is -2.22. The Hall–Kier alpha value is -2.16. The molecule has 0 aromatic heterocycles. The van der Waals surface area contributed by atoms with E-state index in [-0.39, 0.29) is 11.4 Å². The van der Waals surface area contributed by atoms with E-state index in [1.165, 1.54) is 0 Å². The number of hydrogen-bond acceptors (Lipinski definition) is 2. The summed E-state index contributed by atoms with van der Waals surface area (Å²) in [7, 11) is 0. The van der Waals surface area contributed by atoms with Crippen molar-refractivity contribution in [1.82, 2.24) is 5.32 Å². The molecule has 0 aliphatic carbocycles. The van der Waals surface area contributed by atoms with Crippen LogP contribution >= 0.6 is 0 Å². The number of carbonyl (C=O) groups excluding carboxylic acids is 2. The maximum atomic E-state index is 12.2. The normalized spacial score (nSPS) is 12.9. The fourth-order valence-corrected chi connectivity index (χ4v) is 2.33. The van der Waals surface area contributed by atoms with Gasteiger partial charge in [-0.3, -0.25) is 9.59 Å². The van der Waals surface area contributed by atoms with Gasteiger partial charge in [-0.05, 0) is 43.5 Å². The molecule has 2 aromatic carbocycles. The second kappa shape index (κ2) is 6.08. The number of nitrogens with one attached hydrogen (secondary N) is 1. The van der Waals surface area contributed by atoms with Crippen molar-refractivity contribution in [3.8, 4) is 0 Å². The summed E-state index contributed by atoms with van der Waals surface area (Å²) in [4.78, 5) is 23.3. The molecule has 2 rings (SSSR count).